The van der Waals surface area contributed by atoms with Crippen LogP contribution in [0.15, 0.2) is 36.5 Å². The second kappa shape index (κ2) is 28.8. The van der Waals surface area contributed by atoms with E-state index in [0.717, 1.165) is 51.4 Å². The van der Waals surface area contributed by atoms with Gasteiger partial charge in [0.25, 0.3) is 0 Å². The fraction of sp³-hybridized carbons (Fsp3) is 0.781. The van der Waals surface area contributed by atoms with Crippen LogP contribution in [0.3, 0.4) is 0 Å². The van der Waals surface area contributed by atoms with Crippen molar-refractivity contribution in [3.63, 3.8) is 0 Å². The van der Waals surface area contributed by atoms with Crippen LogP contribution < -0.4 is 11.1 Å². The summed E-state index contributed by atoms with van der Waals surface area (Å²) in [5, 5.41) is 13.5. The first-order valence-electron chi connectivity index (χ1n) is 16.1. The van der Waals surface area contributed by atoms with Crippen LogP contribution in [0.4, 0.5) is 0 Å². The molecule has 0 saturated heterocycles. The monoisotopic (exact) mass is 600 g/mol. The molecular formula is C32H61N2O6P. The summed E-state index contributed by atoms with van der Waals surface area (Å²) in [6.45, 7) is 3.98. The molecule has 0 aromatic heterocycles. The molecule has 1 amide bonds. The van der Waals surface area contributed by atoms with Gasteiger partial charge in [-0.3, -0.25) is 13.8 Å². The Labute approximate surface area is 250 Å². The van der Waals surface area contributed by atoms with E-state index in [4.69, 9.17) is 14.8 Å². The van der Waals surface area contributed by atoms with Crippen LogP contribution >= 0.6 is 7.82 Å². The van der Waals surface area contributed by atoms with E-state index in [1.54, 1.807) is 6.08 Å². The Kier molecular flexibility index (Phi) is 27.9. The number of phosphoric ester groups is 1. The molecule has 0 bridgehead atoms. The van der Waals surface area contributed by atoms with E-state index < -0.39 is 20.0 Å². The number of nitrogens with two attached hydrogens (primary N) is 1. The van der Waals surface area contributed by atoms with E-state index in [-0.39, 0.29) is 25.7 Å². The number of hydrogen-bond acceptors (Lipinski definition) is 6. The molecule has 0 aromatic rings. The van der Waals surface area contributed by atoms with Gasteiger partial charge in [0.2, 0.25) is 5.91 Å². The van der Waals surface area contributed by atoms with Gasteiger partial charge in [0, 0.05) is 13.0 Å². The van der Waals surface area contributed by atoms with Crippen molar-refractivity contribution < 1.29 is 28.4 Å². The minimum atomic E-state index is -4.33. The number of nitrogens with one attached hydrogen (secondary N) is 1. The summed E-state index contributed by atoms with van der Waals surface area (Å²) in [6.07, 6.45) is 30.5. The maximum absolute atomic E-state index is 12.6. The molecule has 0 heterocycles. The van der Waals surface area contributed by atoms with E-state index in [9.17, 15) is 19.4 Å². The lowest BCUT2D eigenvalue weighted by atomic mass is 10.0. The molecule has 0 aliphatic heterocycles. The summed E-state index contributed by atoms with van der Waals surface area (Å²) in [6, 6.07) is -0.876. The Morgan fingerprint density at radius 3 is 1.83 bits per heavy atom. The predicted molar refractivity (Wildman–Crippen MR) is 171 cm³/mol. The summed E-state index contributed by atoms with van der Waals surface area (Å²) in [5.41, 5.74) is 5.32. The largest absolute Gasteiger partial charge is 0.472 e. The summed E-state index contributed by atoms with van der Waals surface area (Å²) in [7, 11) is -4.33. The second-order valence-electron chi connectivity index (χ2n) is 10.7. The summed E-state index contributed by atoms with van der Waals surface area (Å²) in [5.74, 6) is -0.214. The first-order valence-corrected chi connectivity index (χ1v) is 17.6. The zero-order chi connectivity index (χ0) is 30.4. The number of phosphoric acid groups is 1. The average molecular weight is 601 g/mol. The Morgan fingerprint density at radius 1 is 0.780 bits per heavy atom. The fourth-order valence-electron chi connectivity index (χ4n) is 4.23. The standard InChI is InChI=1S/C32H61N2O6P/c1-3-5-7-9-11-13-15-17-19-21-23-25-31(35)30(29-40-41(37,38)39-28-27-33)34-32(36)26-24-22-20-18-16-14-12-10-8-6-4-2/h7,9,15,17,23,25,30-31,35H,3-6,8,10-14,16,18-22,24,26-29,33H2,1-2H3,(H,34,36)(H,37,38)/b9-7+,17-15+,25-23+. The van der Waals surface area contributed by atoms with Gasteiger partial charge in [0.1, 0.15) is 0 Å². The summed E-state index contributed by atoms with van der Waals surface area (Å²) in [4.78, 5) is 22.4. The number of allylic oxidation sites excluding steroid dienone is 5. The van der Waals surface area contributed by atoms with Gasteiger partial charge in [-0.15, -0.1) is 0 Å². The third kappa shape index (κ3) is 27.3. The summed E-state index contributed by atoms with van der Waals surface area (Å²) < 4.78 is 21.9. The van der Waals surface area contributed by atoms with Crippen LogP contribution in [-0.4, -0.2) is 47.8 Å². The van der Waals surface area contributed by atoms with Crippen molar-refractivity contribution in [1.29, 1.82) is 0 Å². The Bertz CT molecular complexity index is 744. The SMILES string of the molecule is CCC/C=C/CC/C=C/CC/C=C/C(O)C(COP(=O)(O)OCCN)NC(=O)CCCCCCCCCCCCC. The van der Waals surface area contributed by atoms with Crippen molar-refractivity contribution in [2.45, 2.75) is 142 Å². The lowest BCUT2D eigenvalue weighted by molar-refractivity contribution is -0.123. The molecule has 9 heteroatoms. The Hall–Kier alpha value is -1.28. The molecule has 0 aliphatic carbocycles. The highest BCUT2D eigenvalue weighted by Crippen LogP contribution is 2.43. The molecule has 41 heavy (non-hydrogen) atoms. The number of amides is 1. The Balaban J connectivity index is 4.51. The van der Waals surface area contributed by atoms with E-state index in [2.05, 4.69) is 43.5 Å². The lowest BCUT2D eigenvalue weighted by Gasteiger charge is -2.23. The molecule has 3 unspecified atom stereocenters. The predicted octanol–water partition coefficient (Wildman–Crippen LogP) is 7.65. The van der Waals surface area contributed by atoms with Gasteiger partial charge in [-0.1, -0.05) is 121 Å². The van der Waals surface area contributed by atoms with Crippen molar-refractivity contribution in [3.05, 3.63) is 36.5 Å². The highest BCUT2D eigenvalue weighted by molar-refractivity contribution is 7.47. The van der Waals surface area contributed by atoms with Crippen LogP contribution in [0, 0.1) is 0 Å². The highest BCUT2D eigenvalue weighted by Gasteiger charge is 2.26. The van der Waals surface area contributed by atoms with Gasteiger partial charge in [-0.25, -0.2) is 4.57 Å². The van der Waals surface area contributed by atoms with Crippen molar-refractivity contribution in [2.75, 3.05) is 19.8 Å². The lowest BCUT2D eigenvalue weighted by Crippen LogP contribution is -2.45. The first kappa shape index (κ1) is 39.7. The number of carbonyl (C=O) groups excluding carboxylic acids is 1. The van der Waals surface area contributed by atoms with Crippen LogP contribution in [0.1, 0.15) is 129 Å². The van der Waals surface area contributed by atoms with Gasteiger partial charge >= 0.3 is 7.82 Å². The zero-order valence-electron chi connectivity index (χ0n) is 26.0. The van der Waals surface area contributed by atoms with Crippen molar-refractivity contribution in [2.24, 2.45) is 5.73 Å². The van der Waals surface area contributed by atoms with Crippen molar-refractivity contribution >= 4 is 13.7 Å². The van der Waals surface area contributed by atoms with Crippen LogP contribution in [0.5, 0.6) is 0 Å². The van der Waals surface area contributed by atoms with E-state index in [1.807, 2.05) is 6.08 Å². The van der Waals surface area contributed by atoms with Gasteiger partial charge in [-0.2, -0.15) is 0 Å². The maximum Gasteiger partial charge on any atom is 0.472 e. The molecule has 0 saturated carbocycles. The third-order valence-corrected chi connectivity index (χ3v) is 7.66. The summed E-state index contributed by atoms with van der Waals surface area (Å²) >= 11 is 0. The molecule has 8 nitrogen and oxygen atoms in total. The molecule has 0 spiro atoms. The van der Waals surface area contributed by atoms with Gasteiger partial charge in [0.05, 0.1) is 25.4 Å². The molecule has 0 radical (unpaired) electrons. The van der Waals surface area contributed by atoms with E-state index in [0.29, 0.717) is 6.42 Å². The fourth-order valence-corrected chi connectivity index (χ4v) is 4.99. The third-order valence-electron chi connectivity index (χ3n) is 6.68. The van der Waals surface area contributed by atoms with Crippen LogP contribution in [-0.2, 0) is 18.4 Å². The molecular weight excluding hydrogens is 539 g/mol. The number of rotatable bonds is 29. The minimum absolute atomic E-state index is 0.0718. The molecule has 0 fully saturated rings. The number of aliphatic hydroxyl groups excluding tert-OH is 1. The zero-order valence-corrected chi connectivity index (χ0v) is 26.9. The smallest absolute Gasteiger partial charge is 0.387 e. The number of carbonyl (C=O) groups is 1. The van der Waals surface area contributed by atoms with Crippen molar-refractivity contribution in [1.82, 2.24) is 5.32 Å². The number of unbranched alkanes of at least 4 members (excludes halogenated alkanes) is 13. The molecule has 3 atom stereocenters. The molecule has 0 aromatic carbocycles. The van der Waals surface area contributed by atoms with Gasteiger partial charge < -0.3 is 21.1 Å². The van der Waals surface area contributed by atoms with Crippen LogP contribution in [0.25, 0.3) is 0 Å². The first-order chi connectivity index (χ1) is 19.9. The van der Waals surface area contributed by atoms with E-state index >= 15 is 0 Å². The average Bonchev–Trinajstić information content (AvgIpc) is 2.95. The number of aliphatic hydroxyl groups is 1. The van der Waals surface area contributed by atoms with Gasteiger partial charge in [-0.05, 0) is 38.5 Å². The quantitative estimate of drug-likeness (QED) is 0.0394. The van der Waals surface area contributed by atoms with Crippen molar-refractivity contribution in [3.8, 4) is 0 Å². The maximum atomic E-state index is 12.6. The molecule has 0 aliphatic rings. The highest BCUT2D eigenvalue weighted by atomic mass is 31.2. The normalized spacial score (nSPS) is 15.1. The molecule has 5 N–H and O–H groups in total. The molecule has 240 valence electrons. The van der Waals surface area contributed by atoms with E-state index in [1.165, 1.54) is 57.8 Å². The van der Waals surface area contributed by atoms with Crippen LogP contribution in [0.2, 0.25) is 0 Å². The second-order valence-corrected chi connectivity index (χ2v) is 12.1. The number of hydrogen-bond donors (Lipinski definition) is 4. The topological polar surface area (TPSA) is 131 Å². The Morgan fingerprint density at radius 2 is 1.29 bits per heavy atom. The minimum Gasteiger partial charge on any atom is -0.387 e. The molecule has 0 rings (SSSR count). The van der Waals surface area contributed by atoms with Gasteiger partial charge in [0.15, 0.2) is 0 Å².